The number of rotatable bonds is 2. The summed E-state index contributed by atoms with van der Waals surface area (Å²) in [5.74, 6) is -0.856. The van der Waals surface area contributed by atoms with Crippen LogP contribution in [0.15, 0.2) is 17.0 Å². The van der Waals surface area contributed by atoms with Crippen LogP contribution in [0, 0.1) is 12.7 Å². The highest BCUT2D eigenvalue weighted by atomic mass is 32.2. The van der Waals surface area contributed by atoms with Crippen LogP contribution in [-0.4, -0.2) is 38.3 Å². The zero-order valence-corrected chi connectivity index (χ0v) is 11.8. The molecular formula is C12H16FN3O3S. The fraction of sp³-hybridized carbons (Fsp3) is 0.417. The first-order chi connectivity index (χ1) is 9.32. The molecule has 0 atom stereocenters. The molecule has 1 aromatic carbocycles. The highest BCUT2D eigenvalue weighted by Gasteiger charge is 2.29. The Balaban J connectivity index is 2.42. The zero-order valence-electron chi connectivity index (χ0n) is 11.0. The Labute approximate surface area is 116 Å². The number of amides is 1. The van der Waals surface area contributed by atoms with Gasteiger partial charge >= 0.3 is 0 Å². The summed E-state index contributed by atoms with van der Waals surface area (Å²) in [6.07, 6.45) is 0.0864. The average molecular weight is 301 g/mol. The topological polar surface area (TPSA) is 92.5 Å². The van der Waals surface area contributed by atoms with Crippen molar-refractivity contribution < 1.29 is 17.6 Å². The van der Waals surface area contributed by atoms with Gasteiger partial charge in [-0.2, -0.15) is 4.31 Å². The highest BCUT2D eigenvalue weighted by Crippen LogP contribution is 2.25. The van der Waals surface area contributed by atoms with Gasteiger partial charge in [-0.05, 0) is 19.1 Å². The van der Waals surface area contributed by atoms with Gasteiger partial charge in [0.2, 0.25) is 15.9 Å². The predicted octanol–water partition coefficient (Wildman–Crippen LogP) is 0.227. The number of nitrogen functional groups attached to an aromatic ring is 1. The molecule has 1 amide bonds. The summed E-state index contributed by atoms with van der Waals surface area (Å²) in [6, 6.07) is 2.33. The molecule has 1 fully saturated rings. The van der Waals surface area contributed by atoms with E-state index in [0.29, 0.717) is 0 Å². The minimum atomic E-state index is -3.86. The first-order valence-corrected chi connectivity index (χ1v) is 7.59. The van der Waals surface area contributed by atoms with Crippen LogP contribution in [0.2, 0.25) is 0 Å². The fourth-order valence-corrected chi connectivity index (χ4v) is 3.78. The SMILES string of the molecule is Cc1c(F)cc(N)cc1S(=O)(=O)N1CCNC(=O)CC1. The first-order valence-electron chi connectivity index (χ1n) is 6.15. The Hall–Kier alpha value is -1.67. The molecule has 20 heavy (non-hydrogen) atoms. The minimum Gasteiger partial charge on any atom is -0.399 e. The number of nitrogens with one attached hydrogen (secondary N) is 1. The minimum absolute atomic E-state index is 0.0303. The lowest BCUT2D eigenvalue weighted by Gasteiger charge is -2.20. The summed E-state index contributed by atoms with van der Waals surface area (Å²) in [5.41, 5.74) is 5.60. The van der Waals surface area contributed by atoms with E-state index in [4.69, 9.17) is 5.73 Å². The zero-order chi connectivity index (χ0) is 14.9. The largest absolute Gasteiger partial charge is 0.399 e. The van der Waals surface area contributed by atoms with Crippen molar-refractivity contribution >= 4 is 21.6 Å². The molecule has 0 bridgehead atoms. The summed E-state index contributed by atoms with van der Waals surface area (Å²) in [6.45, 7) is 1.86. The van der Waals surface area contributed by atoms with Crippen LogP contribution in [-0.2, 0) is 14.8 Å². The Morgan fingerprint density at radius 1 is 1.35 bits per heavy atom. The van der Waals surface area contributed by atoms with Crippen molar-refractivity contribution in [3.05, 3.63) is 23.5 Å². The molecule has 3 N–H and O–H groups in total. The van der Waals surface area contributed by atoms with Crippen LogP contribution >= 0.6 is 0 Å². The summed E-state index contributed by atoms with van der Waals surface area (Å²) >= 11 is 0. The third-order valence-corrected chi connectivity index (χ3v) is 5.23. The molecule has 2 rings (SSSR count). The Morgan fingerprint density at radius 3 is 2.75 bits per heavy atom. The number of hydrogen-bond acceptors (Lipinski definition) is 4. The Kier molecular flexibility index (Phi) is 3.96. The maximum Gasteiger partial charge on any atom is 0.243 e. The second-order valence-corrected chi connectivity index (χ2v) is 6.54. The lowest BCUT2D eigenvalue weighted by molar-refractivity contribution is -0.120. The molecule has 110 valence electrons. The van der Waals surface area contributed by atoms with Crippen molar-refractivity contribution in [2.75, 3.05) is 25.4 Å². The number of hydrogen-bond donors (Lipinski definition) is 2. The van der Waals surface area contributed by atoms with Crippen LogP contribution < -0.4 is 11.1 Å². The first kappa shape index (κ1) is 14.7. The van der Waals surface area contributed by atoms with Crippen LogP contribution in [0.3, 0.4) is 0 Å². The number of anilines is 1. The maximum atomic E-state index is 13.7. The molecule has 0 saturated carbocycles. The van der Waals surface area contributed by atoms with E-state index in [9.17, 15) is 17.6 Å². The number of benzene rings is 1. The van der Waals surface area contributed by atoms with Gasteiger partial charge in [-0.15, -0.1) is 0 Å². The molecule has 1 saturated heterocycles. The van der Waals surface area contributed by atoms with Gasteiger partial charge in [-0.3, -0.25) is 4.79 Å². The molecule has 0 radical (unpaired) electrons. The van der Waals surface area contributed by atoms with Crippen molar-refractivity contribution in [2.24, 2.45) is 0 Å². The van der Waals surface area contributed by atoms with Crippen molar-refractivity contribution in [3.8, 4) is 0 Å². The van der Waals surface area contributed by atoms with Crippen molar-refractivity contribution in [1.29, 1.82) is 0 Å². The fourth-order valence-electron chi connectivity index (χ4n) is 2.07. The van der Waals surface area contributed by atoms with E-state index in [2.05, 4.69) is 5.32 Å². The van der Waals surface area contributed by atoms with Crippen LogP contribution in [0.5, 0.6) is 0 Å². The average Bonchev–Trinajstić information content (AvgIpc) is 2.58. The molecule has 1 aliphatic heterocycles. The van der Waals surface area contributed by atoms with Crippen molar-refractivity contribution in [1.82, 2.24) is 9.62 Å². The number of nitrogens with two attached hydrogens (primary N) is 1. The number of sulfonamides is 1. The van der Waals surface area contributed by atoms with Gasteiger partial charge in [0.25, 0.3) is 0 Å². The van der Waals surface area contributed by atoms with Crippen LogP contribution in [0.4, 0.5) is 10.1 Å². The Morgan fingerprint density at radius 2 is 2.05 bits per heavy atom. The molecule has 1 heterocycles. The predicted molar refractivity (Wildman–Crippen MR) is 71.9 cm³/mol. The van der Waals surface area contributed by atoms with Gasteiger partial charge in [-0.25, -0.2) is 12.8 Å². The smallest absolute Gasteiger partial charge is 0.243 e. The molecule has 0 unspecified atom stereocenters. The van der Waals surface area contributed by atoms with Crippen LogP contribution in [0.25, 0.3) is 0 Å². The molecule has 1 aromatic rings. The van der Waals surface area contributed by atoms with E-state index < -0.39 is 15.8 Å². The third-order valence-electron chi connectivity index (χ3n) is 3.21. The molecule has 6 nitrogen and oxygen atoms in total. The van der Waals surface area contributed by atoms with E-state index in [-0.39, 0.29) is 48.1 Å². The van der Waals surface area contributed by atoms with Gasteiger partial charge in [0.05, 0.1) is 4.90 Å². The Bertz CT molecular complexity index is 646. The molecule has 0 aromatic heterocycles. The molecule has 8 heteroatoms. The van der Waals surface area contributed by atoms with E-state index in [0.717, 1.165) is 6.07 Å². The number of nitrogens with zero attached hydrogens (tertiary/aromatic N) is 1. The third kappa shape index (κ3) is 2.75. The molecular weight excluding hydrogens is 285 g/mol. The quantitative estimate of drug-likeness (QED) is 0.765. The summed E-state index contributed by atoms with van der Waals surface area (Å²) < 4.78 is 39.9. The van der Waals surface area contributed by atoms with E-state index >= 15 is 0 Å². The summed E-state index contributed by atoms with van der Waals surface area (Å²) in [5, 5.41) is 2.59. The molecule has 0 spiro atoms. The molecule has 1 aliphatic rings. The van der Waals surface area contributed by atoms with Crippen LogP contribution in [0.1, 0.15) is 12.0 Å². The monoisotopic (exact) mass is 301 g/mol. The van der Waals surface area contributed by atoms with Gasteiger partial charge in [0.15, 0.2) is 0 Å². The van der Waals surface area contributed by atoms with Crippen molar-refractivity contribution in [2.45, 2.75) is 18.2 Å². The number of carbonyl (C=O) groups excluding carboxylic acids is 1. The lowest BCUT2D eigenvalue weighted by Crippen LogP contribution is -2.34. The van der Waals surface area contributed by atoms with E-state index in [1.807, 2.05) is 0 Å². The van der Waals surface area contributed by atoms with E-state index in [1.165, 1.54) is 17.3 Å². The summed E-state index contributed by atoms with van der Waals surface area (Å²) in [7, 11) is -3.86. The van der Waals surface area contributed by atoms with E-state index in [1.54, 1.807) is 0 Å². The second kappa shape index (κ2) is 5.37. The molecule has 0 aliphatic carbocycles. The highest BCUT2D eigenvalue weighted by molar-refractivity contribution is 7.89. The standard InChI is InChI=1S/C12H16FN3O3S/c1-8-10(13)6-9(14)7-11(8)20(18,19)16-4-2-12(17)15-3-5-16/h6-7H,2-5,14H2,1H3,(H,15,17). The van der Waals surface area contributed by atoms with Gasteiger partial charge in [0, 0.05) is 37.3 Å². The number of halogens is 1. The maximum absolute atomic E-state index is 13.7. The van der Waals surface area contributed by atoms with Gasteiger partial charge in [0.1, 0.15) is 5.82 Å². The summed E-state index contributed by atoms with van der Waals surface area (Å²) in [4.78, 5) is 11.1. The lowest BCUT2D eigenvalue weighted by atomic mass is 10.2. The van der Waals surface area contributed by atoms with Gasteiger partial charge in [-0.1, -0.05) is 0 Å². The van der Waals surface area contributed by atoms with Gasteiger partial charge < -0.3 is 11.1 Å². The second-order valence-electron chi connectivity index (χ2n) is 4.63. The number of carbonyl (C=O) groups is 1. The van der Waals surface area contributed by atoms with Crippen molar-refractivity contribution in [3.63, 3.8) is 0 Å². The normalized spacial score (nSPS) is 17.6.